The van der Waals surface area contributed by atoms with E-state index in [4.69, 9.17) is 5.11 Å². The summed E-state index contributed by atoms with van der Waals surface area (Å²) in [6.45, 7) is 5.76. The third-order valence-electron chi connectivity index (χ3n) is 2.23. The minimum atomic E-state index is -0.812. The highest BCUT2D eigenvalue weighted by Crippen LogP contribution is 2.11. The maximum absolute atomic E-state index is 10.7. The molecule has 1 rings (SSSR count). The van der Waals surface area contributed by atoms with Crippen molar-refractivity contribution < 1.29 is 9.90 Å². The van der Waals surface area contributed by atoms with E-state index in [1.807, 2.05) is 19.9 Å². The molecular formula is C11H16N2O2. The average molecular weight is 208 g/mol. The summed E-state index contributed by atoms with van der Waals surface area (Å²) in [6, 6.07) is 1.86. The number of nitrogens with zero attached hydrogens (tertiary/aromatic N) is 2. The van der Waals surface area contributed by atoms with E-state index >= 15 is 0 Å². The molecule has 0 saturated heterocycles. The quantitative estimate of drug-likeness (QED) is 0.820. The molecule has 1 heterocycles. The Bertz CT molecular complexity index is 350. The molecule has 4 nitrogen and oxygen atoms in total. The molecule has 0 saturated carbocycles. The lowest BCUT2D eigenvalue weighted by molar-refractivity contribution is -0.141. The zero-order valence-corrected chi connectivity index (χ0v) is 9.27. The minimum absolute atomic E-state index is 0.340. The highest BCUT2D eigenvalue weighted by Gasteiger charge is 2.13. The molecule has 0 aliphatic carbocycles. The first-order chi connectivity index (χ1) is 7.00. The van der Waals surface area contributed by atoms with Gasteiger partial charge in [0.25, 0.3) is 0 Å². The first-order valence-electron chi connectivity index (χ1n) is 5.05. The molecule has 1 aromatic heterocycles. The van der Waals surface area contributed by atoms with Crippen molar-refractivity contribution in [3.05, 3.63) is 23.8 Å². The van der Waals surface area contributed by atoms with E-state index in [1.54, 1.807) is 13.1 Å². The van der Waals surface area contributed by atoms with Crippen LogP contribution in [-0.2, 0) is 11.2 Å². The highest BCUT2D eigenvalue weighted by molar-refractivity contribution is 5.69. The molecule has 1 N–H and O–H groups in total. The Balaban J connectivity index is 2.78. The number of hydrogen-bond acceptors (Lipinski definition) is 3. The lowest BCUT2D eigenvalue weighted by Crippen LogP contribution is -2.14. The van der Waals surface area contributed by atoms with Crippen LogP contribution >= 0.6 is 0 Å². The van der Waals surface area contributed by atoms with Crippen LogP contribution in [0.4, 0.5) is 0 Å². The van der Waals surface area contributed by atoms with Crippen LogP contribution in [0.1, 0.15) is 38.2 Å². The molecule has 0 amide bonds. The first kappa shape index (κ1) is 11.6. The summed E-state index contributed by atoms with van der Waals surface area (Å²) < 4.78 is 0. The van der Waals surface area contributed by atoms with E-state index in [0.29, 0.717) is 18.2 Å². The van der Waals surface area contributed by atoms with Gasteiger partial charge < -0.3 is 5.11 Å². The van der Waals surface area contributed by atoms with Crippen LogP contribution in [0.15, 0.2) is 12.3 Å². The van der Waals surface area contributed by atoms with Crippen LogP contribution in [0, 0.1) is 5.92 Å². The fourth-order valence-corrected chi connectivity index (χ4v) is 1.20. The largest absolute Gasteiger partial charge is 0.481 e. The van der Waals surface area contributed by atoms with Gasteiger partial charge in [0.15, 0.2) is 0 Å². The lowest BCUT2D eigenvalue weighted by atomic mass is 10.1. The molecule has 4 heteroatoms. The molecule has 0 radical (unpaired) electrons. The zero-order valence-electron chi connectivity index (χ0n) is 9.27. The Morgan fingerprint density at radius 2 is 2.13 bits per heavy atom. The maximum atomic E-state index is 10.7. The number of carbonyl (C=O) groups is 1. The molecule has 0 aliphatic heterocycles. The molecule has 82 valence electrons. The normalized spacial score (nSPS) is 12.8. The predicted molar refractivity (Wildman–Crippen MR) is 56.6 cm³/mol. The van der Waals surface area contributed by atoms with E-state index in [9.17, 15) is 4.79 Å². The number of aliphatic carboxylic acids is 1. The Kier molecular flexibility index (Phi) is 3.77. The first-order valence-corrected chi connectivity index (χ1v) is 5.05. The van der Waals surface area contributed by atoms with Gasteiger partial charge in [0.05, 0.1) is 5.92 Å². The van der Waals surface area contributed by atoms with Crippen molar-refractivity contribution in [2.75, 3.05) is 0 Å². The molecular weight excluding hydrogens is 192 g/mol. The van der Waals surface area contributed by atoms with Crippen molar-refractivity contribution in [3.63, 3.8) is 0 Å². The van der Waals surface area contributed by atoms with Gasteiger partial charge in [-0.05, 0) is 12.0 Å². The van der Waals surface area contributed by atoms with Gasteiger partial charge in [-0.2, -0.15) is 0 Å². The fraction of sp³-hybridized carbons (Fsp3) is 0.545. The van der Waals surface area contributed by atoms with Gasteiger partial charge in [-0.15, -0.1) is 0 Å². The summed E-state index contributed by atoms with van der Waals surface area (Å²) in [5, 5.41) is 8.77. The van der Waals surface area contributed by atoms with Gasteiger partial charge in [0.1, 0.15) is 5.82 Å². The summed E-state index contributed by atoms with van der Waals surface area (Å²) in [7, 11) is 0. The van der Waals surface area contributed by atoms with Crippen molar-refractivity contribution in [2.24, 2.45) is 5.92 Å². The Labute approximate surface area is 89.4 Å². The molecule has 0 fully saturated rings. The van der Waals surface area contributed by atoms with Crippen molar-refractivity contribution in [3.8, 4) is 0 Å². The van der Waals surface area contributed by atoms with Gasteiger partial charge in [0, 0.05) is 18.3 Å². The van der Waals surface area contributed by atoms with Crippen molar-refractivity contribution >= 4 is 5.97 Å². The van der Waals surface area contributed by atoms with Gasteiger partial charge in [0.2, 0.25) is 0 Å². The van der Waals surface area contributed by atoms with Crippen LogP contribution in [0.25, 0.3) is 0 Å². The minimum Gasteiger partial charge on any atom is -0.481 e. The van der Waals surface area contributed by atoms with Crippen molar-refractivity contribution in [1.29, 1.82) is 0 Å². The predicted octanol–water partition coefficient (Wildman–Crippen LogP) is 1.86. The number of carboxylic acids is 1. The van der Waals surface area contributed by atoms with Crippen molar-refractivity contribution in [1.82, 2.24) is 9.97 Å². The fourth-order valence-electron chi connectivity index (χ4n) is 1.20. The second kappa shape index (κ2) is 4.87. The van der Waals surface area contributed by atoms with Crippen LogP contribution in [0.2, 0.25) is 0 Å². The number of carboxylic acid groups (broad SMARTS) is 1. The Morgan fingerprint density at radius 3 is 2.67 bits per heavy atom. The SMILES string of the molecule is CC(Cc1nccc(C(C)C)n1)C(=O)O. The number of aromatic nitrogens is 2. The molecule has 1 atom stereocenters. The third-order valence-corrected chi connectivity index (χ3v) is 2.23. The highest BCUT2D eigenvalue weighted by atomic mass is 16.4. The summed E-state index contributed by atoms with van der Waals surface area (Å²) in [6.07, 6.45) is 2.07. The van der Waals surface area contributed by atoms with Crippen LogP contribution in [-0.4, -0.2) is 21.0 Å². The van der Waals surface area contributed by atoms with E-state index in [2.05, 4.69) is 9.97 Å². The van der Waals surface area contributed by atoms with Crippen molar-refractivity contribution in [2.45, 2.75) is 33.1 Å². The van der Waals surface area contributed by atoms with Crippen LogP contribution in [0.5, 0.6) is 0 Å². The second-order valence-electron chi connectivity index (χ2n) is 4.00. The van der Waals surface area contributed by atoms with E-state index in [1.165, 1.54) is 0 Å². The average Bonchev–Trinajstić information content (AvgIpc) is 2.18. The molecule has 15 heavy (non-hydrogen) atoms. The summed E-state index contributed by atoms with van der Waals surface area (Å²) in [5.41, 5.74) is 0.956. The molecule has 1 unspecified atom stereocenters. The number of rotatable bonds is 4. The van der Waals surface area contributed by atoms with Gasteiger partial charge >= 0.3 is 5.97 Å². The monoisotopic (exact) mass is 208 g/mol. The Morgan fingerprint density at radius 1 is 1.47 bits per heavy atom. The smallest absolute Gasteiger partial charge is 0.306 e. The molecule has 0 bridgehead atoms. The van der Waals surface area contributed by atoms with Gasteiger partial charge in [-0.1, -0.05) is 20.8 Å². The molecule has 0 spiro atoms. The third kappa shape index (κ3) is 3.31. The molecule has 1 aromatic rings. The number of hydrogen-bond donors (Lipinski definition) is 1. The summed E-state index contributed by atoms with van der Waals surface area (Å²) >= 11 is 0. The van der Waals surface area contributed by atoms with Gasteiger partial charge in [-0.25, -0.2) is 9.97 Å². The Hall–Kier alpha value is -1.45. The maximum Gasteiger partial charge on any atom is 0.306 e. The van der Waals surface area contributed by atoms with Crippen LogP contribution < -0.4 is 0 Å². The van der Waals surface area contributed by atoms with E-state index < -0.39 is 11.9 Å². The molecule has 0 aliphatic rings. The topological polar surface area (TPSA) is 63.1 Å². The molecule has 0 aromatic carbocycles. The van der Waals surface area contributed by atoms with Crippen LogP contribution in [0.3, 0.4) is 0 Å². The lowest BCUT2D eigenvalue weighted by Gasteiger charge is -2.08. The standard InChI is InChI=1S/C11H16N2O2/c1-7(2)9-4-5-12-10(13-9)6-8(3)11(14)15/h4-5,7-8H,6H2,1-3H3,(H,14,15). The van der Waals surface area contributed by atoms with Gasteiger partial charge in [-0.3, -0.25) is 4.79 Å². The summed E-state index contributed by atoms with van der Waals surface area (Å²) in [5.74, 6) is -0.302. The van der Waals surface area contributed by atoms with E-state index in [-0.39, 0.29) is 0 Å². The van der Waals surface area contributed by atoms with E-state index in [0.717, 1.165) is 5.69 Å². The second-order valence-corrected chi connectivity index (χ2v) is 4.00. The zero-order chi connectivity index (χ0) is 11.4. The summed E-state index contributed by atoms with van der Waals surface area (Å²) in [4.78, 5) is 19.1.